The second-order valence-corrected chi connectivity index (χ2v) is 5.03. The van der Waals surface area contributed by atoms with Gasteiger partial charge >= 0.3 is 0 Å². The Morgan fingerprint density at radius 1 is 1.58 bits per heavy atom. The number of oxime groups is 1. The number of nitrogens with two attached hydrogens (primary N) is 1. The molecule has 1 rings (SSSR count). The molecule has 0 aliphatic carbocycles. The lowest BCUT2D eigenvalue weighted by atomic mass is 9.92. The number of carbonyl (C=O) groups excluding carboxylic acids is 1. The molecule has 0 heterocycles. The average Bonchev–Trinajstić information content (AvgIpc) is 2.38. The quantitative estimate of drug-likeness (QED) is 0.342. The molecule has 1 aromatic carbocycles. The molecule has 0 saturated heterocycles. The first-order valence-electron chi connectivity index (χ1n) is 5.50. The molecule has 0 unspecified atom stereocenters. The van der Waals surface area contributed by atoms with E-state index in [1.165, 1.54) is 18.2 Å². The van der Waals surface area contributed by atoms with Gasteiger partial charge in [0.2, 0.25) is 0 Å². The summed E-state index contributed by atoms with van der Waals surface area (Å²) in [5, 5.41) is 13.8. The molecule has 0 saturated carbocycles. The van der Waals surface area contributed by atoms with Crippen LogP contribution in [0.1, 0.15) is 24.2 Å². The van der Waals surface area contributed by atoms with Crippen molar-refractivity contribution in [2.75, 3.05) is 6.54 Å². The number of benzene rings is 1. The second-order valence-electron chi connectivity index (χ2n) is 4.65. The molecule has 0 aromatic heterocycles. The minimum atomic E-state index is -0.732. The van der Waals surface area contributed by atoms with Crippen molar-refractivity contribution in [2.24, 2.45) is 16.3 Å². The fourth-order valence-electron chi connectivity index (χ4n) is 1.30. The molecule has 104 valence electrons. The highest BCUT2D eigenvalue weighted by Crippen LogP contribution is 2.20. The van der Waals surface area contributed by atoms with E-state index in [0.717, 1.165) is 0 Å². The zero-order chi connectivity index (χ0) is 14.6. The van der Waals surface area contributed by atoms with E-state index in [1.807, 2.05) is 0 Å². The molecule has 0 bridgehead atoms. The molecule has 4 N–H and O–H groups in total. The van der Waals surface area contributed by atoms with Gasteiger partial charge in [0.1, 0.15) is 11.7 Å². The van der Waals surface area contributed by atoms with Crippen molar-refractivity contribution >= 4 is 23.3 Å². The summed E-state index contributed by atoms with van der Waals surface area (Å²) in [6.07, 6.45) is 0. The highest BCUT2D eigenvalue weighted by atomic mass is 35.5. The molecule has 1 amide bonds. The Hall–Kier alpha value is -1.82. The van der Waals surface area contributed by atoms with Gasteiger partial charge in [-0.05, 0) is 12.1 Å². The fourth-order valence-corrected chi connectivity index (χ4v) is 1.51. The van der Waals surface area contributed by atoms with Gasteiger partial charge in [0.25, 0.3) is 5.91 Å². The number of carbonyl (C=O) groups is 1. The summed E-state index contributed by atoms with van der Waals surface area (Å²) in [4.78, 5) is 11.9. The smallest absolute Gasteiger partial charge is 0.252 e. The van der Waals surface area contributed by atoms with Gasteiger partial charge in [-0.15, -0.1) is 0 Å². The Labute approximate surface area is 115 Å². The first-order chi connectivity index (χ1) is 8.79. The molecule has 0 spiro atoms. The molecular weight excluding hydrogens is 273 g/mol. The van der Waals surface area contributed by atoms with Gasteiger partial charge in [-0.3, -0.25) is 4.79 Å². The monoisotopic (exact) mass is 287 g/mol. The number of rotatable bonds is 4. The highest BCUT2D eigenvalue weighted by Gasteiger charge is 2.25. The molecule has 0 aliphatic rings. The van der Waals surface area contributed by atoms with Crippen LogP contribution in [0.15, 0.2) is 23.4 Å². The van der Waals surface area contributed by atoms with E-state index >= 15 is 0 Å². The lowest BCUT2D eigenvalue weighted by Gasteiger charge is -2.23. The van der Waals surface area contributed by atoms with Crippen molar-refractivity contribution < 1.29 is 14.4 Å². The zero-order valence-electron chi connectivity index (χ0n) is 10.6. The van der Waals surface area contributed by atoms with E-state index in [4.69, 9.17) is 22.5 Å². The Kier molecular flexibility index (Phi) is 4.72. The van der Waals surface area contributed by atoms with Crippen LogP contribution in [-0.4, -0.2) is 23.5 Å². The summed E-state index contributed by atoms with van der Waals surface area (Å²) < 4.78 is 13.2. The average molecular weight is 288 g/mol. The van der Waals surface area contributed by atoms with Crippen molar-refractivity contribution in [3.63, 3.8) is 0 Å². The minimum absolute atomic E-state index is 0.0156. The first-order valence-corrected chi connectivity index (χ1v) is 5.87. The van der Waals surface area contributed by atoms with Crippen molar-refractivity contribution in [1.29, 1.82) is 0 Å². The number of nitrogens with zero attached hydrogens (tertiary/aromatic N) is 1. The fraction of sp³-hybridized carbons (Fsp3) is 0.333. The molecule has 0 aliphatic heterocycles. The molecule has 5 nitrogen and oxygen atoms in total. The molecule has 0 fully saturated rings. The largest absolute Gasteiger partial charge is 0.409 e. The van der Waals surface area contributed by atoms with Crippen LogP contribution in [-0.2, 0) is 0 Å². The van der Waals surface area contributed by atoms with E-state index < -0.39 is 17.1 Å². The maximum absolute atomic E-state index is 13.2. The van der Waals surface area contributed by atoms with Crippen molar-refractivity contribution in [1.82, 2.24) is 5.32 Å². The molecule has 7 heteroatoms. The summed E-state index contributed by atoms with van der Waals surface area (Å²) in [6, 6.07) is 3.97. The maximum Gasteiger partial charge on any atom is 0.252 e. The van der Waals surface area contributed by atoms with Gasteiger partial charge in [-0.2, -0.15) is 0 Å². The molecule has 0 radical (unpaired) electrons. The molecular formula is C12H15ClFN3O2. The van der Waals surface area contributed by atoms with Crippen LogP contribution in [0.5, 0.6) is 0 Å². The van der Waals surface area contributed by atoms with Crippen molar-refractivity contribution in [3.8, 4) is 0 Å². The Morgan fingerprint density at radius 3 is 2.79 bits per heavy atom. The number of amides is 1. The number of nitrogens with one attached hydrogen (secondary N) is 1. The standard InChI is InChI=1S/C12H15ClFN3O2/c1-12(2,11(15)17-19)6-16-10(18)7-4-3-5-8(14)9(7)13/h3-5,19H,6H2,1-2H3,(H2,15,17)(H,16,18). The van der Waals surface area contributed by atoms with E-state index in [-0.39, 0.29) is 23.0 Å². The van der Waals surface area contributed by atoms with Gasteiger partial charge in [0.15, 0.2) is 0 Å². The number of halogens is 2. The van der Waals surface area contributed by atoms with Crippen LogP contribution in [0.25, 0.3) is 0 Å². The summed E-state index contributed by atoms with van der Waals surface area (Å²) in [6.45, 7) is 3.50. The van der Waals surface area contributed by atoms with Gasteiger partial charge < -0.3 is 16.3 Å². The van der Waals surface area contributed by atoms with E-state index in [0.29, 0.717) is 0 Å². The second kappa shape index (κ2) is 5.88. The Morgan fingerprint density at radius 2 is 2.21 bits per heavy atom. The SMILES string of the molecule is CC(C)(CNC(=O)c1cccc(F)c1Cl)/C(N)=N/O. The van der Waals surface area contributed by atoms with Crippen LogP contribution in [0.2, 0.25) is 5.02 Å². The predicted molar refractivity (Wildman–Crippen MR) is 70.9 cm³/mol. The van der Waals surface area contributed by atoms with E-state index in [2.05, 4.69) is 10.5 Å². The summed E-state index contributed by atoms with van der Waals surface area (Å²) in [5.74, 6) is -1.20. The van der Waals surface area contributed by atoms with Crippen LogP contribution in [0, 0.1) is 11.2 Å². The lowest BCUT2D eigenvalue weighted by molar-refractivity contribution is 0.0944. The van der Waals surface area contributed by atoms with Gasteiger partial charge in [-0.25, -0.2) is 4.39 Å². The van der Waals surface area contributed by atoms with Gasteiger partial charge in [0.05, 0.1) is 10.6 Å². The van der Waals surface area contributed by atoms with E-state index in [1.54, 1.807) is 13.8 Å². The topological polar surface area (TPSA) is 87.7 Å². The van der Waals surface area contributed by atoms with E-state index in [9.17, 15) is 9.18 Å². The summed E-state index contributed by atoms with van der Waals surface area (Å²) in [5.41, 5.74) is 4.80. The third-order valence-electron chi connectivity index (χ3n) is 2.69. The summed E-state index contributed by atoms with van der Waals surface area (Å²) in [7, 11) is 0. The lowest BCUT2D eigenvalue weighted by Crippen LogP contribution is -2.42. The number of amidine groups is 1. The van der Waals surface area contributed by atoms with Crippen molar-refractivity contribution in [2.45, 2.75) is 13.8 Å². The number of hydrogen-bond acceptors (Lipinski definition) is 3. The van der Waals surface area contributed by atoms with Gasteiger partial charge in [0, 0.05) is 12.0 Å². The third-order valence-corrected chi connectivity index (χ3v) is 3.07. The van der Waals surface area contributed by atoms with Crippen LogP contribution < -0.4 is 11.1 Å². The highest BCUT2D eigenvalue weighted by molar-refractivity contribution is 6.34. The normalized spacial score (nSPS) is 12.3. The predicted octanol–water partition coefficient (Wildman–Crippen LogP) is 1.98. The van der Waals surface area contributed by atoms with Crippen LogP contribution >= 0.6 is 11.6 Å². The minimum Gasteiger partial charge on any atom is -0.409 e. The first kappa shape index (κ1) is 15.2. The maximum atomic E-state index is 13.2. The molecule has 0 atom stereocenters. The Bertz CT molecular complexity index is 518. The zero-order valence-corrected chi connectivity index (χ0v) is 11.3. The van der Waals surface area contributed by atoms with Gasteiger partial charge in [-0.1, -0.05) is 36.7 Å². The molecule has 19 heavy (non-hydrogen) atoms. The van der Waals surface area contributed by atoms with Crippen LogP contribution in [0.4, 0.5) is 4.39 Å². The summed E-state index contributed by atoms with van der Waals surface area (Å²) >= 11 is 5.70. The number of hydrogen-bond donors (Lipinski definition) is 3. The van der Waals surface area contributed by atoms with Crippen LogP contribution in [0.3, 0.4) is 0 Å². The molecule has 1 aromatic rings. The Balaban J connectivity index is 2.79. The van der Waals surface area contributed by atoms with Crippen molar-refractivity contribution in [3.05, 3.63) is 34.6 Å². The third kappa shape index (κ3) is 3.57.